The fourth-order valence-electron chi connectivity index (χ4n) is 5.68. The lowest BCUT2D eigenvalue weighted by molar-refractivity contribution is 0.00569. The maximum absolute atomic E-state index is 13.1. The van der Waals surface area contributed by atoms with Crippen LogP contribution >= 0.6 is 15.9 Å². The van der Waals surface area contributed by atoms with Crippen molar-refractivity contribution < 1.29 is 19.0 Å². The van der Waals surface area contributed by atoms with Crippen LogP contribution in [0, 0.1) is 0 Å². The molecule has 2 aromatic rings. The number of piperidine rings is 1. The first kappa shape index (κ1) is 33.4. The molecular weight excluding hydrogens is 630 g/mol. The van der Waals surface area contributed by atoms with Crippen LogP contribution in [0.4, 0.5) is 10.6 Å². The van der Waals surface area contributed by atoms with E-state index in [1.165, 1.54) is 0 Å². The van der Waals surface area contributed by atoms with Crippen molar-refractivity contribution in [2.45, 2.75) is 121 Å². The monoisotopic (exact) mass is 681 g/mol. The van der Waals surface area contributed by atoms with Crippen molar-refractivity contribution in [1.29, 1.82) is 0 Å². The molecule has 0 N–H and O–H groups in total. The van der Waals surface area contributed by atoms with Gasteiger partial charge in [-0.25, -0.2) is 9.78 Å². The van der Waals surface area contributed by atoms with Gasteiger partial charge in [0.2, 0.25) is 0 Å². The fraction of sp³-hybridized carbons (Fsp3) is 0.767. The van der Waals surface area contributed by atoms with E-state index in [1.807, 2.05) is 30.2 Å². The number of carbonyl (C=O) groups is 1. The summed E-state index contributed by atoms with van der Waals surface area (Å²) in [5.74, 6) is 1.16. The molecule has 0 radical (unpaired) electrons. The molecule has 2 aromatic heterocycles. The van der Waals surface area contributed by atoms with E-state index in [0.717, 1.165) is 72.6 Å². The Kier molecular flexibility index (Phi) is 10.5. The second-order valence-electron chi connectivity index (χ2n) is 15.4. The van der Waals surface area contributed by atoms with Crippen molar-refractivity contribution in [3.63, 3.8) is 0 Å². The number of halogens is 1. The number of anilines is 1. The predicted molar refractivity (Wildman–Crippen MR) is 178 cm³/mol. The van der Waals surface area contributed by atoms with Gasteiger partial charge in [-0.2, -0.15) is 9.61 Å². The molecule has 12 heteroatoms. The van der Waals surface area contributed by atoms with E-state index < -0.39 is 21.7 Å². The van der Waals surface area contributed by atoms with Crippen LogP contribution in [0.2, 0.25) is 51.4 Å². The molecule has 0 saturated carbocycles. The van der Waals surface area contributed by atoms with E-state index >= 15 is 0 Å². The average Bonchev–Trinajstić information content (AvgIpc) is 3.36. The minimum atomic E-state index is -1.21. The predicted octanol–water partition coefficient (Wildman–Crippen LogP) is 7.57. The maximum atomic E-state index is 13.1. The van der Waals surface area contributed by atoms with Crippen LogP contribution in [0.1, 0.15) is 58.1 Å². The van der Waals surface area contributed by atoms with E-state index in [4.69, 9.17) is 19.2 Å². The van der Waals surface area contributed by atoms with Crippen molar-refractivity contribution >= 4 is 49.6 Å². The van der Waals surface area contributed by atoms with E-state index in [-0.39, 0.29) is 24.1 Å². The molecule has 0 aliphatic carbocycles. The molecule has 2 aliphatic rings. The zero-order valence-electron chi connectivity index (χ0n) is 27.2. The Morgan fingerprint density at radius 2 is 1.55 bits per heavy atom. The summed E-state index contributed by atoms with van der Waals surface area (Å²) in [7, 11) is -2.42. The van der Waals surface area contributed by atoms with Crippen molar-refractivity contribution in [2.75, 3.05) is 31.6 Å². The van der Waals surface area contributed by atoms with Crippen LogP contribution in [-0.4, -0.2) is 86.1 Å². The second kappa shape index (κ2) is 13.3. The Balaban J connectivity index is 1.58. The topological polar surface area (TPSA) is 81.4 Å². The first-order chi connectivity index (χ1) is 19.5. The zero-order valence-corrected chi connectivity index (χ0v) is 30.8. The number of nitrogens with zero attached hydrogens (tertiary/aromatic N) is 5. The Morgan fingerprint density at radius 1 is 1.00 bits per heavy atom. The average molecular weight is 683 g/mol. The molecule has 0 unspecified atom stereocenters. The lowest BCUT2D eigenvalue weighted by atomic mass is 9.88. The molecule has 3 atom stereocenters. The highest BCUT2D eigenvalue weighted by atomic mass is 79.9. The van der Waals surface area contributed by atoms with Crippen LogP contribution in [0.3, 0.4) is 0 Å². The van der Waals surface area contributed by atoms with Gasteiger partial charge in [0.05, 0.1) is 10.7 Å². The van der Waals surface area contributed by atoms with Gasteiger partial charge in [0.1, 0.15) is 24.9 Å². The summed E-state index contributed by atoms with van der Waals surface area (Å²) in [4.78, 5) is 22.3. The second-order valence-corrected chi connectivity index (χ2v) is 27.5. The molecule has 42 heavy (non-hydrogen) atoms. The summed E-state index contributed by atoms with van der Waals surface area (Å²) in [5, 5.41) is 4.67. The van der Waals surface area contributed by atoms with E-state index in [1.54, 1.807) is 6.20 Å². The molecule has 4 heterocycles. The number of hydrogen-bond acceptors (Lipinski definition) is 7. The highest BCUT2D eigenvalue weighted by molar-refractivity contribution is 9.10. The van der Waals surface area contributed by atoms with E-state index in [9.17, 15) is 4.79 Å². The minimum Gasteiger partial charge on any atom is -0.444 e. The SMILES string of the molecule is CC(C)(C)OC(=O)N1[C@@H]2CC[C@H]1C[C@H](c1cc(N(COCC[Si](C)(C)C)COCC[Si](C)(C)C)n3ncc(Br)c3n1)C2. The van der Waals surface area contributed by atoms with Gasteiger partial charge in [-0.05, 0) is 74.5 Å². The smallest absolute Gasteiger partial charge is 0.410 e. The summed E-state index contributed by atoms with van der Waals surface area (Å²) in [6.45, 7) is 22.3. The van der Waals surface area contributed by atoms with Crippen LogP contribution < -0.4 is 4.90 Å². The summed E-state index contributed by atoms with van der Waals surface area (Å²) in [6, 6.07) is 4.73. The number of carbonyl (C=O) groups excluding carboxylic acids is 1. The number of ether oxygens (including phenoxy) is 3. The minimum absolute atomic E-state index is 0.171. The third kappa shape index (κ3) is 9.03. The maximum Gasteiger partial charge on any atom is 0.410 e. The van der Waals surface area contributed by atoms with Gasteiger partial charge in [-0.15, -0.1) is 0 Å². The summed E-state index contributed by atoms with van der Waals surface area (Å²) < 4.78 is 21.0. The molecule has 236 valence electrons. The first-order valence-electron chi connectivity index (χ1n) is 15.5. The van der Waals surface area contributed by atoms with Gasteiger partial charge in [0.15, 0.2) is 5.65 Å². The number of aromatic nitrogens is 3. The Labute approximate surface area is 262 Å². The van der Waals surface area contributed by atoms with Crippen molar-refractivity contribution in [3.05, 3.63) is 22.4 Å². The lowest BCUT2D eigenvalue weighted by Gasteiger charge is -2.39. The quantitative estimate of drug-likeness (QED) is 0.130. The van der Waals surface area contributed by atoms with Crippen molar-refractivity contribution in [3.8, 4) is 0 Å². The summed E-state index contributed by atoms with van der Waals surface area (Å²) >= 11 is 3.69. The van der Waals surface area contributed by atoms with Gasteiger partial charge in [-0.3, -0.25) is 0 Å². The first-order valence-corrected chi connectivity index (χ1v) is 23.7. The van der Waals surface area contributed by atoms with Crippen LogP contribution in [0.15, 0.2) is 16.7 Å². The fourth-order valence-corrected chi connectivity index (χ4v) is 7.54. The Bertz CT molecular complexity index is 1190. The van der Waals surface area contributed by atoms with E-state index in [2.05, 4.69) is 71.3 Å². The Hall–Kier alpha value is -1.48. The third-order valence-electron chi connectivity index (χ3n) is 8.00. The number of rotatable bonds is 12. The molecule has 2 aliphatic heterocycles. The number of amides is 1. The molecule has 0 aromatic carbocycles. The molecule has 4 rings (SSSR count). The van der Waals surface area contributed by atoms with Crippen molar-refractivity contribution in [1.82, 2.24) is 19.5 Å². The van der Waals surface area contributed by atoms with Crippen LogP contribution in [-0.2, 0) is 14.2 Å². The van der Waals surface area contributed by atoms with Gasteiger partial charge in [0.25, 0.3) is 0 Å². The molecule has 0 spiro atoms. The zero-order chi connectivity index (χ0) is 30.9. The molecule has 9 nitrogen and oxygen atoms in total. The van der Waals surface area contributed by atoms with E-state index in [0.29, 0.717) is 13.5 Å². The molecule has 1 amide bonds. The molecule has 2 fully saturated rings. The molecule has 2 saturated heterocycles. The molecule has 2 bridgehead atoms. The molecular formula is C30H52BrN5O4Si2. The standard InChI is InChI=1S/C30H52BrN5O4Si2/c1-30(2,3)40-29(37)35-23-10-11-24(35)17-22(16-23)26-18-27(36-28(33-26)25(31)19-32-36)34(20-38-12-14-41(4,5)6)21-39-13-15-42(7,8)9/h18-19,22-24H,10-17,20-21H2,1-9H3/t22-,23-,24+. The van der Waals surface area contributed by atoms with Crippen molar-refractivity contribution in [2.24, 2.45) is 0 Å². The van der Waals surface area contributed by atoms with Crippen LogP contribution in [0.25, 0.3) is 5.65 Å². The van der Waals surface area contributed by atoms with Gasteiger partial charge in [-0.1, -0.05) is 39.3 Å². The van der Waals surface area contributed by atoms with Gasteiger partial charge < -0.3 is 24.0 Å². The number of fused-ring (bicyclic) bond motifs is 3. The highest BCUT2D eigenvalue weighted by Crippen LogP contribution is 2.44. The van der Waals surface area contributed by atoms with Gasteiger partial charge >= 0.3 is 6.09 Å². The normalized spacial score (nSPS) is 21.3. The van der Waals surface area contributed by atoms with Crippen LogP contribution in [0.5, 0.6) is 0 Å². The lowest BCUT2D eigenvalue weighted by Crippen LogP contribution is -2.48. The largest absolute Gasteiger partial charge is 0.444 e. The summed E-state index contributed by atoms with van der Waals surface area (Å²) in [5.41, 5.74) is 1.33. The van der Waals surface area contributed by atoms with Gasteiger partial charge in [0, 0.05) is 59.1 Å². The third-order valence-corrected chi connectivity index (χ3v) is 12.0. The summed E-state index contributed by atoms with van der Waals surface area (Å²) in [6.07, 6.45) is 5.39. The number of hydrogen-bond donors (Lipinski definition) is 0. The Morgan fingerprint density at radius 3 is 2.05 bits per heavy atom. The highest BCUT2D eigenvalue weighted by Gasteiger charge is 2.45.